The van der Waals surface area contributed by atoms with Crippen molar-refractivity contribution in [2.45, 2.75) is 18.5 Å². The number of hydrogen-bond donors (Lipinski definition) is 1. The molecule has 3 aromatic rings. The number of carbonyl (C=O) groups excluding carboxylic acids is 1. The zero-order valence-electron chi connectivity index (χ0n) is 15.2. The van der Waals surface area contributed by atoms with Crippen LogP contribution in [0.1, 0.15) is 11.3 Å². The van der Waals surface area contributed by atoms with Crippen LogP contribution in [0, 0.1) is 6.92 Å². The van der Waals surface area contributed by atoms with E-state index in [4.69, 9.17) is 0 Å². The van der Waals surface area contributed by atoms with Gasteiger partial charge in [-0.25, -0.2) is 9.97 Å². The number of rotatable bonds is 6. The largest absolute Gasteiger partial charge is 0.378 e. The second-order valence-electron chi connectivity index (χ2n) is 6.23. The number of nitrogens with zero attached hydrogens (tertiary/aromatic N) is 3. The molecule has 0 atom stereocenters. The SMILES string of the molecule is Cc1nc2ccccc2nc1SCC(=O)NCc1ccc(N(C)C)cc1. The van der Waals surface area contributed by atoms with Crippen molar-refractivity contribution in [2.75, 3.05) is 24.7 Å². The first kappa shape index (κ1) is 18.2. The van der Waals surface area contributed by atoms with Gasteiger partial charge in [-0.2, -0.15) is 0 Å². The van der Waals surface area contributed by atoms with E-state index in [0.29, 0.717) is 12.3 Å². The molecule has 6 heteroatoms. The van der Waals surface area contributed by atoms with Crippen molar-refractivity contribution in [2.24, 2.45) is 0 Å². The molecule has 1 aromatic heterocycles. The lowest BCUT2D eigenvalue weighted by Gasteiger charge is -2.13. The average molecular weight is 366 g/mol. The van der Waals surface area contributed by atoms with E-state index in [2.05, 4.69) is 15.3 Å². The highest BCUT2D eigenvalue weighted by molar-refractivity contribution is 7.99. The predicted octanol–water partition coefficient (Wildman–Crippen LogP) is 3.41. The number of nitrogens with one attached hydrogen (secondary N) is 1. The summed E-state index contributed by atoms with van der Waals surface area (Å²) in [6.07, 6.45) is 0. The Morgan fingerprint density at radius 3 is 2.35 bits per heavy atom. The maximum atomic E-state index is 12.2. The Bertz CT molecular complexity index is 909. The fraction of sp³-hybridized carbons (Fsp3) is 0.250. The first-order valence-electron chi connectivity index (χ1n) is 8.42. The third-order valence-corrected chi connectivity index (χ3v) is 5.05. The second kappa shape index (κ2) is 8.19. The molecule has 1 amide bonds. The topological polar surface area (TPSA) is 58.1 Å². The summed E-state index contributed by atoms with van der Waals surface area (Å²) in [5.74, 6) is 0.310. The summed E-state index contributed by atoms with van der Waals surface area (Å²) < 4.78 is 0. The lowest BCUT2D eigenvalue weighted by Crippen LogP contribution is -2.24. The van der Waals surface area contributed by atoms with Crippen molar-refractivity contribution in [1.29, 1.82) is 0 Å². The molecule has 1 heterocycles. The van der Waals surface area contributed by atoms with Gasteiger partial charge in [-0.05, 0) is 36.8 Å². The van der Waals surface area contributed by atoms with Crippen LogP contribution in [0.4, 0.5) is 5.69 Å². The molecule has 26 heavy (non-hydrogen) atoms. The minimum absolute atomic E-state index is 0.0129. The molecule has 0 unspecified atom stereocenters. The van der Waals surface area contributed by atoms with Gasteiger partial charge in [0.25, 0.3) is 0 Å². The molecule has 3 rings (SSSR count). The van der Waals surface area contributed by atoms with Crippen molar-refractivity contribution in [3.63, 3.8) is 0 Å². The average Bonchev–Trinajstić information content (AvgIpc) is 2.65. The van der Waals surface area contributed by atoms with Crippen LogP contribution < -0.4 is 10.2 Å². The zero-order valence-corrected chi connectivity index (χ0v) is 16.0. The van der Waals surface area contributed by atoms with Gasteiger partial charge in [0.1, 0.15) is 5.03 Å². The molecule has 0 bridgehead atoms. The van der Waals surface area contributed by atoms with Crippen LogP contribution in [-0.4, -0.2) is 35.7 Å². The van der Waals surface area contributed by atoms with Gasteiger partial charge in [-0.1, -0.05) is 36.0 Å². The minimum Gasteiger partial charge on any atom is -0.378 e. The molecule has 2 aromatic carbocycles. The highest BCUT2D eigenvalue weighted by atomic mass is 32.2. The third-order valence-electron chi connectivity index (χ3n) is 3.98. The van der Waals surface area contributed by atoms with E-state index in [1.807, 2.05) is 74.4 Å². The summed E-state index contributed by atoms with van der Waals surface area (Å²) in [6.45, 7) is 2.45. The Kier molecular flexibility index (Phi) is 5.73. The van der Waals surface area contributed by atoms with Crippen LogP contribution in [0.2, 0.25) is 0 Å². The van der Waals surface area contributed by atoms with E-state index in [-0.39, 0.29) is 5.91 Å². The summed E-state index contributed by atoms with van der Waals surface area (Å²) >= 11 is 1.42. The van der Waals surface area contributed by atoms with Crippen LogP contribution in [0.3, 0.4) is 0 Å². The predicted molar refractivity (Wildman–Crippen MR) is 108 cm³/mol. The normalized spacial score (nSPS) is 10.7. The van der Waals surface area contributed by atoms with E-state index < -0.39 is 0 Å². The molecule has 5 nitrogen and oxygen atoms in total. The Morgan fingerprint density at radius 2 is 1.69 bits per heavy atom. The fourth-order valence-corrected chi connectivity index (χ4v) is 3.29. The highest BCUT2D eigenvalue weighted by Gasteiger charge is 2.09. The quantitative estimate of drug-likeness (QED) is 0.678. The lowest BCUT2D eigenvalue weighted by molar-refractivity contribution is -0.118. The highest BCUT2D eigenvalue weighted by Crippen LogP contribution is 2.21. The van der Waals surface area contributed by atoms with Gasteiger partial charge in [-0.15, -0.1) is 0 Å². The maximum Gasteiger partial charge on any atom is 0.230 e. The molecule has 0 saturated carbocycles. The van der Waals surface area contributed by atoms with Gasteiger partial charge in [0.05, 0.1) is 22.5 Å². The summed E-state index contributed by atoms with van der Waals surface area (Å²) in [6, 6.07) is 15.9. The Morgan fingerprint density at radius 1 is 1.04 bits per heavy atom. The molecule has 0 fully saturated rings. The van der Waals surface area contributed by atoms with Crippen LogP contribution >= 0.6 is 11.8 Å². The number of anilines is 1. The van der Waals surface area contributed by atoms with E-state index in [1.165, 1.54) is 11.8 Å². The number of benzene rings is 2. The number of aromatic nitrogens is 2. The molecule has 0 aliphatic carbocycles. The molecule has 0 spiro atoms. The van der Waals surface area contributed by atoms with Crippen molar-refractivity contribution >= 4 is 34.4 Å². The second-order valence-corrected chi connectivity index (χ2v) is 7.19. The van der Waals surface area contributed by atoms with E-state index in [1.54, 1.807) is 0 Å². The summed E-state index contributed by atoms with van der Waals surface area (Å²) in [5.41, 5.74) is 4.79. The number of carbonyl (C=O) groups is 1. The van der Waals surface area contributed by atoms with Crippen molar-refractivity contribution in [1.82, 2.24) is 15.3 Å². The van der Waals surface area contributed by atoms with Crippen molar-refractivity contribution in [3.05, 3.63) is 59.8 Å². The van der Waals surface area contributed by atoms with Crippen LogP contribution in [0.25, 0.3) is 11.0 Å². The van der Waals surface area contributed by atoms with Crippen LogP contribution in [-0.2, 0) is 11.3 Å². The Labute approximate surface area is 157 Å². The number of amides is 1. The van der Waals surface area contributed by atoms with Gasteiger partial charge >= 0.3 is 0 Å². The number of aryl methyl sites for hydroxylation is 1. The number of fused-ring (bicyclic) bond motifs is 1. The number of para-hydroxylation sites is 2. The number of hydrogen-bond acceptors (Lipinski definition) is 5. The number of thioether (sulfide) groups is 1. The van der Waals surface area contributed by atoms with Crippen LogP contribution in [0.5, 0.6) is 0 Å². The molecule has 1 N–H and O–H groups in total. The Hall–Kier alpha value is -2.60. The summed E-state index contributed by atoms with van der Waals surface area (Å²) in [5, 5.41) is 3.75. The molecule has 0 saturated heterocycles. The van der Waals surface area contributed by atoms with E-state index >= 15 is 0 Å². The van der Waals surface area contributed by atoms with Crippen LogP contribution in [0.15, 0.2) is 53.6 Å². The van der Waals surface area contributed by atoms with Gasteiger partial charge in [-0.3, -0.25) is 4.79 Å². The third kappa shape index (κ3) is 4.52. The zero-order chi connectivity index (χ0) is 18.5. The first-order chi connectivity index (χ1) is 12.5. The van der Waals surface area contributed by atoms with Gasteiger partial charge < -0.3 is 10.2 Å². The molecule has 0 aliphatic rings. The van der Waals surface area contributed by atoms with E-state index in [9.17, 15) is 4.79 Å². The van der Waals surface area contributed by atoms with E-state index in [0.717, 1.165) is 33.0 Å². The first-order valence-corrected chi connectivity index (χ1v) is 9.40. The smallest absolute Gasteiger partial charge is 0.230 e. The molecular weight excluding hydrogens is 344 g/mol. The van der Waals surface area contributed by atoms with Gasteiger partial charge in [0.15, 0.2) is 0 Å². The minimum atomic E-state index is -0.0129. The summed E-state index contributed by atoms with van der Waals surface area (Å²) in [7, 11) is 4.01. The molecular formula is C20H22N4OS. The molecule has 134 valence electrons. The molecule has 0 radical (unpaired) electrons. The summed E-state index contributed by atoms with van der Waals surface area (Å²) in [4.78, 5) is 23.4. The van der Waals surface area contributed by atoms with Crippen molar-refractivity contribution < 1.29 is 4.79 Å². The monoisotopic (exact) mass is 366 g/mol. The Balaban J connectivity index is 1.55. The molecule has 0 aliphatic heterocycles. The lowest BCUT2D eigenvalue weighted by atomic mass is 10.2. The van der Waals surface area contributed by atoms with Gasteiger partial charge in [0.2, 0.25) is 5.91 Å². The fourth-order valence-electron chi connectivity index (χ4n) is 2.51. The maximum absolute atomic E-state index is 12.2. The standard InChI is InChI=1S/C20H22N4OS/c1-14-20(23-18-7-5-4-6-17(18)22-14)26-13-19(25)21-12-15-8-10-16(11-9-15)24(2)3/h4-11H,12-13H2,1-3H3,(H,21,25). The van der Waals surface area contributed by atoms with Gasteiger partial charge in [0, 0.05) is 26.3 Å². The van der Waals surface area contributed by atoms with Crippen molar-refractivity contribution in [3.8, 4) is 0 Å².